The quantitative estimate of drug-likeness (QED) is 0.499. The highest BCUT2D eigenvalue weighted by Crippen LogP contribution is 2.37. The van der Waals surface area contributed by atoms with Crippen LogP contribution in [0.4, 0.5) is 0 Å². The molecule has 146 valence electrons. The molecular weight excluding hydrogens is 374 g/mol. The van der Waals surface area contributed by atoms with Crippen molar-refractivity contribution in [2.75, 3.05) is 13.2 Å². The molecule has 0 saturated heterocycles. The lowest BCUT2D eigenvalue weighted by atomic mass is 9.98. The number of fused-ring (bicyclic) bond motifs is 3. The summed E-state index contributed by atoms with van der Waals surface area (Å²) in [7, 11) is 0. The fraction of sp³-hybridized carbons (Fsp3) is 0.150. The number of hydrogen-bond acceptors (Lipinski definition) is 7. The van der Waals surface area contributed by atoms with Crippen molar-refractivity contribution < 1.29 is 19.4 Å². The molecule has 1 amide bonds. The maximum Gasteiger partial charge on any atom is 0.325 e. The van der Waals surface area contributed by atoms with Crippen molar-refractivity contribution >= 4 is 28.3 Å². The number of benzene rings is 1. The Hall–Kier alpha value is -4.01. The Kier molecular flexibility index (Phi) is 4.78. The van der Waals surface area contributed by atoms with Gasteiger partial charge >= 0.3 is 5.97 Å². The van der Waals surface area contributed by atoms with Crippen LogP contribution in [0.2, 0.25) is 0 Å². The number of nitrogens with one attached hydrogen (secondary N) is 1. The second-order valence-corrected chi connectivity index (χ2v) is 6.14. The summed E-state index contributed by atoms with van der Waals surface area (Å²) in [6, 6.07) is 9.07. The third kappa shape index (κ3) is 3.22. The van der Waals surface area contributed by atoms with Gasteiger partial charge in [0.1, 0.15) is 12.9 Å². The molecule has 9 heteroatoms. The lowest BCUT2D eigenvalue weighted by Crippen LogP contribution is -2.32. The monoisotopic (exact) mass is 391 g/mol. The SMILES string of the molecule is CCOC(=O)CNC(=O)c1c(O)c2cccc(-c3ccncc3)c2c2ncnn12. The Morgan fingerprint density at radius 3 is 2.76 bits per heavy atom. The zero-order valence-electron chi connectivity index (χ0n) is 15.5. The highest BCUT2D eigenvalue weighted by Gasteiger charge is 2.23. The van der Waals surface area contributed by atoms with E-state index >= 15 is 0 Å². The average Bonchev–Trinajstić information content (AvgIpc) is 3.22. The van der Waals surface area contributed by atoms with Crippen LogP contribution in [0.25, 0.3) is 27.5 Å². The molecule has 0 spiro atoms. The summed E-state index contributed by atoms with van der Waals surface area (Å²) in [5, 5.41) is 18.5. The number of carbonyl (C=O) groups excluding carboxylic acids is 2. The predicted octanol–water partition coefficient (Wildman–Crippen LogP) is 1.94. The highest BCUT2D eigenvalue weighted by atomic mass is 16.5. The van der Waals surface area contributed by atoms with E-state index in [9.17, 15) is 14.7 Å². The lowest BCUT2D eigenvalue weighted by molar-refractivity contribution is -0.141. The second kappa shape index (κ2) is 7.55. The fourth-order valence-corrected chi connectivity index (χ4v) is 3.22. The minimum atomic E-state index is -0.665. The molecule has 0 aliphatic heterocycles. The number of esters is 1. The third-order valence-electron chi connectivity index (χ3n) is 4.43. The molecule has 0 radical (unpaired) electrons. The summed E-state index contributed by atoms with van der Waals surface area (Å²) < 4.78 is 6.08. The highest BCUT2D eigenvalue weighted by molar-refractivity contribution is 6.12. The van der Waals surface area contributed by atoms with Gasteiger partial charge in [0.2, 0.25) is 0 Å². The molecule has 4 aromatic rings. The van der Waals surface area contributed by atoms with Gasteiger partial charge in [0.05, 0.1) is 6.61 Å². The summed E-state index contributed by atoms with van der Waals surface area (Å²) in [4.78, 5) is 32.6. The molecule has 9 nitrogen and oxygen atoms in total. The van der Waals surface area contributed by atoms with Crippen molar-refractivity contribution in [3.63, 3.8) is 0 Å². The van der Waals surface area contributed by atoms with Crippen molar-refractivity contribution in [2.24, 2.45) is 0 Å². The largest absolute Gasteiger partial charge is 0.505 e. The number of nitrogens with zero attached hydrogens (tertiary/aromatic N) is 4. The number of ether oxygens (including phenoxy) is 1. The van der Waals surface area contributed by atoms with Crippen molar-refractivity contribution in [1.82, 2.24) is 24.9 Å². The zero-order chi connectivity index (χ0) is 20.4. The van der Waals surface area contributed by atoms with Crippen LogP contribution >= 0.6 is 0 Å². The molecule has 0 aliphatic rings. The number of amides is 1. The van der Waals surface area contributed by atoms with Gasteiger partial charge < -0.3 is 15.2 Å². The van der Waals surface area contributed by atoms with Gasteiger partial charge in [0, 0.05) is 23.2 Å². The van der Waals surface area contributed by atoms with Crippen molar-refractivity contribution in [3.8, 4) is 16.9 Å². The van der Waals surface area contributed by atoms with Crippen molar-refractivity contribution in [3.05, 3.63) is 54.7 Å². The van der Waals surface area contributed by atoms with E-state index in [1.807, 2.05) is 18.2 Å². The lowest BCUT2D eigenvalue weighted by Gasteiger charge is -2.13. The van der Waals surface area contributed by atoms with Gasteiger partial charge in [0.25, 0.3) is 5.91 Å². The zero-order valence-corrected chi connectivity index (χ0v) is 15.5. The number of rotatable bonds is 5. The second-order valence-electron chi connectivity index (χ2n) is 6.14. The fourth-order valence-electron chi connectivity index (χ4n) is 3.22. The minimum absolute atomic E-state index is 0.110. The molecule has 0 atom stereocenters. The minimum Gasteiger partial charge on any atom is -0.505 e. The third-order valence-corrected chi connectivity index (χ3v) is 4.43. The summed E-state index contributed by atoms with van der Waals surface area (Å²) in [5.74, 6) is -1.49. The number of aromatic hydroxyl groups is 1. The summed E-state index contributed by atoms with van der Waals surface area (Å²) >= 11 is 0. The maximum absolute atomic E-state index is 12.7. The van der Waals surface area contributed by atoms with Crippen molar-refractivity contribution in [2.45, 2.75) is 6.92 Å². The predicted molar refractivity (Wildman–Crippen MR) is 104 cm³/mol. The van der Waals surface area contributed by atoms with Gasteiger partial charge in [-0.25, -0.2) is 9.50 Å². The van der Waals surface area contributed by atoms with Gasteiger partial charge in [-0.2, -0.15) is 5.10 Å². The Morgan fingerprint density at radius 2 is 2.00 bits per heavy atom. The first-order chi connectivity index (χ1) is 14.1. The van der Waals surface area contributed by atoms with Gasteiger partial charge in [-0.3, -0.25) is 14.6 Å². The van der Waals surface area contributed by atoms with Crippen LogP contribution in [0.15, 0.2) is 49.1 Å². The van der Waals surface area contributed by atoms with Gasteiger partial charge in [-0.15, -0.1) is 0 Å². The topological polar surface area (TPSA) is 119 Å². The first kappa shape index (κ1) is 18.4. The van der Waals surface area contributed by atoms with Gasteiger partial charge in [-0.05, 0) is 30.2 Å². The molecule has 4 rings (SSSR count). The van der Waals surface area contributed by atoms with Crippen LogP contribution in [0, 0.1) is 0 Å². The van der Waals surface area contributed by atoms with Gasteiger partial charge in [0.15, 0.2) is 17.1 Å². The molecule has 1 aromatic carbocycles. The maximum atomic E-state index is 12.7. The van der Waals surface area contributed by atoms with Crippen LogP contribution in [-0.2, 0) is 9.53 Å². The molecule has 0 fully saturated rings. The molecule has 3 heterocycles. The number of pyridine rings is 2. The molecule has 3 aromatic heterocycles. The van der Waals surface area contributed by atoms with Crippen LogP contribution in [0.1, 0.15) is 17.4 Å². The molecule has 0 aliphatic carbocycles. The number of hydrogen-bond donors (Lipinski definition) is 2. The first-order valence-corrected chi connectivity index (χ1v) is 8.93. The Balaban J connectivity index is 1.88. The molecule has 0 bridgehead atoms. The first-order valence-electron chi connectivity index (χ1n) is 8.93. The Morgan fingerprint density at radius 1 is 1.21 bits per heavy atom. The molecule has 29 heavy (non-hydrogen) atoms. The Labute approximate surface area is 165 Å². The van der Waals surface area contributed by atoms with Crippen LogP contribution in [-0.4, -0.2) is 49.7 Å². The molecule has 0 unspecified atom stereocenters. The normalized spacial score (nSPS) is 10.9. The summed E-state index contributed by atoms with van der Waals surface area (Å²) in [6.45, 7) is 1.56. The van der Waals surface area contributed by atoms with E-state index in [0.29, 0.717) is 16.4 Å². The standard InChI is InChI=1S/C20H17N5O4/c1-2-29-15(26)10-22-20(28)17-18(27)14-5-3-4-13(12-6-8-21-9-7-12)16(14)19-23-11-24-25(17)19/h3-9,11,27H,2,10H2,1H3,(H,22,28). The van der Waals surface area contributed by atoms with E-state index < -0.39 is 11.9 Å². The van der Waals surface area contributed by atoms with E-state index in [-0.39, 0.29) is 24.6 Å². The van der Waals surface area contributed by atoms with E-state index in [0.717, 1.165) is 11.1 Å². The van der Waals surface area contributed by atoms with Gasteiger partial charge in [-0.1, -0.05) is 18.2 Å². The average molecular weight is 391 g/mol. The molecule has 0 saturated carbocycles. The Bertz CT molecular complexity index is 1220. The van der Waals surface area contributed by atoms with E-state index in [4.69, 9.17) is 4.74 Å². The van der Waals surface area contributed by atoms with Crippen molar-refractivity contribution in [1.29, 1.82) is 0 Å². The number of aromatic nitrogens is 4. The van der Waals surface area contributed by atoms with Crippen LogP contribution < -0.4 is 5.32 Å². The number of carbonyl (C=O) groups is 2. The smallest absolute Gasteiger partial charge is 0.325 e. The van der Waals surface area contributed by atoms with E-state index in [1.54, 1.807) is 31.5 Å². The molecular formula is C20H17N5O4. The van der Waals surface area contributed by atoms with E-state index in [1.165, 1.54) is 10.8 Å². The summed E-state index contributed by atoms with van der Waals surface area (Å²) in [5.41, 5.74) is 2.00. The molecule has 2 N–H and O–H groups in total. The van der Waals surface area contributed by atoms with E-state index in [2.05, 4.69) is 20.4 Å². The van der Waals surface area contributed by atoms with Crippen LogP contribution in [0.5, 0.6) is 5.75 Å². The summed E-state index contributed by atoms with van der Waals surface area (Å²) in [6.07, 6.45) is 4.65. The van der Waals surface area contributed by atoms with Crippen LogP contribution in [0.3, 0.4) is 0 Å².